The van der Waals surface area contributed by atoms with E-state index in [1.165, 1.54) is 24.3 Å². The lowest BCUT2D eigenvalue weighted by molar-refractivity contribution is 0.626. The molecule has 0 spiro atoms. The molecule has 102 valence electrons. The zero-order valence-electron chi connectivity index (χ0n) is 10.5. The molecule has 0 aliphatic heterocycles. The number of aryl methyl sites for hydroxylation is 1. The number of halogens is 3. The molecule has 20 heavy (non-hydrogen) atoms. The fraction of sp³-hybridized carbons (Fsp3) is 0.133. The summed E-state index contributed by atoms with van der Waals surface area (Å²) in [5, 5.41) is 0. The van der Waals surface area contributed by atoms with E-state index in [-0.39, 0.29) is 11.6 Å². The van der Waals surface area contributed by atoms with Crippen molar-refractivity contribution < 1.29 is 8.78 Å². The summed E-state index contributed by atoms with van der Waals surface area (Å²) in [7, 11) is 0. The Balaban J connectivity index is 2.28. The van der Waals surface area contributed by atoms with Gasteiger partial charge in [0.15, 0.2) is 0 Å². The average molecular weight is 293 g/mol. The lowest BCUT2D eigenvalue weighted by atomic mass is 10.2. The Kier molecular flexibility index (Phi) is 3.40. The molecule has 3 rings (SSSR count). The highest BCUT2D eigenvalue weighted by atomic mass is 35.5. The van der Waals surface area contributed by atoms with Crippen LogP contribution in [0.4, 0.5) is 8.78 Å². The van der Waals surface area contributed by atoms with Gasteiger partial charge in [0.2, 0.25) is 0 Å². The van der Waals surface area contributed by atoms with Gasteiger partial charge in [0, 0.05) is 18.4 Å². The van der Waals surface area contributed by atoms with Crippen LogP contribution >= 0.6 is 11.6 Å². The highest BCUT2D eigenvalue weighted by Crippen LogP contribution is 2.23. The number of hydrogen-bond acceptors (Lipinski definition) is 1. The molecular formula is C15H11ClF2N2. The molecular weight excluding hydrogens is 282 g/mol. The molecule has 0 amide bonds. The summed E-state index contributed by atoms with van der Waals surface area (Å²) in [5.41, 5.74) is 1.92. The molecule has 1 aromatic heterocycles. The topological polar surface area (TPSA) is 17.8 Å². The van der Waals surface area contributed by atoms with E-state index in [2.05, 4.69) is 4.98 Å². The molecule has 0 bridgehead atoms. The number of rotatable bonds is 3. The van der Waals surface area contributed by atoms with E-state index in [4.69, 9.17) is 11.6 Å². The van der Waals surface area contributed by atoms with Gasteiger partial charge in [0.05, 0.1) is 16.7 Å². The monoisotopic (exact) mass is 292 g/mol. The molecule has 0 fully saturated rings. The molecule has 0 N–H and O–H groups in total. The zero-order valence-corrected chi connectivity index (χ0v) is 11.2. The number of benzene rings is 2. The third-order valence-electron chi connectivity index (χ3n) is 3.07. The van der Waals surface area contributed by atoms with E-state index < -0.39 is 0 Å². The first-order valence-electron chi connectivity index (χ1n) is 6.18. The van der Waals surface area contributed by atoms with Gasteiger partial charge in [0.25, 0.3) is 0 Å². The summed E-state index contributed by atoms with van der Waals surface area (Å²) in [4.78, 5) is 4.39. The summed E-state index contributed by atoms with van der Waals surface area (Å²) in [6, 6.07) is 10.6. The summed E-state index contributed by atoms with van der Waals surface area (Å²) in [6.07, 6.45) is 0.522. The van der Waals surface area contributed by atoms with Crippen LogP contribution in [0.5, 0.6) is 0 Å². The molecule has 0 saturated carbocycles. The lowest BCUT2D eigenvalue weighted by Gasteiger charge is -2.08. The van der Waals surface area contributed by atoms with Crippen molar-refractivity contribution in [2.24, 2.45) is 0 Å². The number of fused-ring (bicyclic) bond motifs is 1. The number of alkyl halides is 1. The molecule has 5 heteroatoms. The van der Waals surface area contributed by atoms with Crippen molar-refractivity contribution >= 4 is 22.6 Å². The van der Waals surface area contributed by atoms with Crippen LogP contribution in [0, 0.1) is 11.6 Å². The fourth-order valence-corrected chi connectivity index (χ4v) is 2.43. The van der Waals surface area contributed by atoms with Gasteiger partial charge in [0.1, 0.15) is 17.5 Å². The van der Waals surface area contributed by atoms with Crippen LogP contribution in [0.1, 0.15) is 5.82 Å². The number of nitrogens with zero attached hydrogens (tertiary/aromatic N) is 2. The number of imidazole rings is 1. The van der Waals surface area contributed by atoms with Crippen molar-refractivity contribution in [3.63, 3.8) is 0 Å². The van der Waals surface area contributed by atoms with Crippen LogP contribution in [0.15, 0.2) is 42.5 Å². The third-order valence-corrected chi connectivity index (χ3v) is 3.26. The number of aromatic nitrogens is 2. The van der Waals surface area contributed by atoms with Crippen LogP contribution in [0.25, 0.3) is 16.7 Å². The Hall–Kier alpha value is -1.94. The van der Waals surface area contributed by atoms with Crippen LogP contribution in [-0.2, 0) is 6.42 Å². The minimum absolute atomic E-state index is 0.330. The second-order valence-electron chi connectivity index (χ2n) is 4.42. The molecule has 0 aliphatic carbocycles. The molecule has 3 aromatic rings. The second-order valence-corrected chi connectivity index (χ2v) is 4.79. The predicted molar refractivity (Wildman–Crippen MR) is 75.4 cm³/mol. The second kappa shape index (κ2) is 5.21. The first-order chi connectivity index (χ1) is 9.69. The van der Waals surface area contributed by atoms with E-state index in [1.807, 2.05) is 0 Å². The Morgan fingerprint density at radius 3 is 2.60 bits per heavy atom. The van der Waals surface area contributed by atoms with Crippen molar-refractivity contribution in [3.05, 3.63) is 59.9 Å². The lowest BCUT2D eigenvalue weighted by Crippen LogP contribution is -2.02. The minimum Gasteiger partial charge on any atom is -0.296 e. The zero-order chi connectivity index (χ0) is 14.1. The first kappa shape index (κ1) is 13.1. The van der Waals surface area contributed by atoms with Crippen molar-refractivity contribution in [3.8, 4) is 5.69 Å². The number of hydrogen-bond donors (Lipinski definition) is 0. The van der Waals surface area contributed by atoms with E-state index >= 15 is 0 Å². The quantitative estimate of drug-likeness (QED) is 0.665. The average Bonchev–Trinajstić information content (AvgIpc) is 2.76. The van der Waals surface area contributed by atoms with Crippen molar-refractivity contribution in [1.82, 2.24) is 9.55 Å². The molecule has 0 saturated heterocycles. The Bertz CT molecular complexity index is 768. The maximum absolute atomic E-state index is 13.4. The molecule has 0 unspecified atom stereocenters. The Morgan fingerprint density at radius 1 is 1.05 bits per heavy atom. The SMILES string of the molecule is Fc1cccc(-n2c(CCCl)nc3cc(F)ccc32)c1. The van der Waals surface area contributed by atoms with Gasteiger partial charge in [-0.15, -0.1) is 11.6 Å². The molecule has 2 aromatic carbocycles. The highest BCUT2D eigenvalue weighted by molar-refractivity contribution is 6.17. The standard InChI is InChI=1S/C15H11ClF2N2/c16-7-6-15-19-13-9-11(18)4-5-14(13)20(15)12-3-1-2-10(17)8-12/h1-5,8-9H,6-7H2. The molecule has 2 nitrogen and oxygen atoms in total. The maximum Gasteiger partial charge on any atom is 0.125 e. The van der Waals surface area contributed by atoms with Crippen LogP contribution < -0.4 is 0 Å². The van der Waals surface area contributed by atoms with Crippen molar-refractivity contribution in [2.75, 3.05) is 5.88 Å². The van der Waals surface area contributed by atoms with Gasteiger partial charge in [-0.3, -0.25) is 4.57 Å². The van der Waals surface area contributed by atoms with E-state index in [0.717, 1.165) is 5.52 Å². The van der Waals surface area contributed by atoms with Crippen molar-refractivity contribution in [2.45, 2.75) is 6.42 Å². The van der Waals surface area contributed by atoms with Gasteiger partial charge in [-0.25, -0.2) is 13.8 Å². The van der Waals surface area contributed by atoms with Crippen LogP contribution in [0.2, 0.25) is 0 Å². The summed E-state index contributed by atoms with van der Waals surface area (Å²) >= 11 is 5.78. The molecule has 1 heterocycles. The summed E-state index contributed by atoms with van der Waals surface area (Å²) < 4.78 is 28.5. The first-order valence-corrected chi connectivity index (χ1v) is 6.71. The van der Waals surface area contributed by atoms with Crippen molar-refractivity contribution in [1.29, 1.82) is 0 Å². The van der Waals surface area contributed by atoms with Gasteiger partial charge in [-0.2, -0.15) is 0 Å². The van der Waals surface area contributed by atoms with Gasteiger partial charge < -0.3 is 0 Å². The highest BCUT2D eigenvalue weighted by Gasteiger charge is 2.13. The predicted octanol–water partition coefficient (Wildman–Crippen LogP) is 4.09. The van der Waals surface area contributed by atoms with Gasteiger partial charge >= 0.3 is 0 Å². The van der Waals surface area contributed by atoms with Gasteiger partial charge in [-0.1, -0.05) is 6.07 Å². The minimum atomic E-state index is -0.348. The normalized spacial score (nSPS) is 11.2. The molecule has 0 atom stereocenters. The largest absolute Gasteiger partial charge is 0.296 e. The van der Waals surface area contributed by atoms with E-state index in [1.54, 1.807) is 22.8 Å². The smallest absolute Gasteiger partial charge is 0.125 e. The van der Waals surface area contributed by atoms with Crippen LogP contribution in [-0.4, -0.2) is 15.4 Å². The van der Waals surface area contributed by atoms with Gasteiger partial charge in [-0.05, 0) is 30.3 Å². The molecule has 0 radical (unpaired) electrons. The Labute approximate surface area is 119 Å². The fourth-order valence-electron chi connectivity index (χ4n) is 2.26. The summed E-state index contributed by atoms with van der Waals surface area (Å²) in [5.74, 6) is 0.398. The van der Waals surface area contributed by atoms with E-state index in [9.17, 15) is 8.78 Å². The Morgan fingerprint density at radius 2 is 1.85 bits per heavy atom. The van der Waals surface area contributed by atoms with E-state index in [0.29, 0.717) is 29.3 Å². The van der Waals surface area contributed by atoms with Crippen LogP contribution in [0.3, 0.4) is 0 Å². The molecule has 0 aliphatic rings. The summed E-state index contributed by atoms with van der Waals surface area (Å²) in [6.45, 7) is 0. The third kappa shape index (κ3) is 2.27. The maximum atomic E-state index is 13.4.